The second kappa shape index (κ2) is 6.78. The highest BCUT2D eigenvalue weighted by atomic mass is 16.6. The zero-order valence-corrected chi connectivity index (χ0v) is 13.5. The van der Waals surface area contributed by atoms with Crippen LogP contribution in [0.15, 0.2) is 42.5 Å². The Morgan fingerprint density at radius 3 is 2.58 bits per heavy atom. The van der Waals surface area contributed by atoms with E-state index in [0.717, 1.165) is 31.4 Å². The van der Waals surface area contributed by atoms with Gasteiger partial charge >= 0.3 is 0 Å². The van der Waals surface area contributed by atoms with Crippen LogP contribution in [-0.4, -0.2) is 21.9 Å². The third-order valence-electron chi connectivity index (χ3n) is 4.33. The second-order valence-corrected chi connectivity index (χ2v) is 6.05. The summed E-state index contributed by atoms with van der Waals surface area (Å²) in [6.07, 6.45) is 3.93. The molecule has 0 atom stereocenters. The van der Waals surface area contributed by atoms with Gasteiger partial charge in [-0.25, -0.2) is 4.98 Å². The van der Waals surface area contributed by atoms with Gasteiger partial charge in [0.15, 0.2) is 0 Å². The van der Waals surface area contributed by atoms with Gasteiger partial charge < -0.3 is 4.90 Å². The van der Waals surface area contributed by atoms with Crippen molar-refractivity contribution >= 4 is 17.3 Å². The van der Waals surface area contributed by atoms with Gasteiger partial charge in [0.05, 0.1) is 10.6 Å². The van der Waals surface area contributed by atoms with Crippen LogP contribution >= 0.6 is 0 Å². The van der Waals surface area contributed by atoms with Gasteiger partial charge in [-0.05, 0) is 38.0 Å². The first-order valence-electron chi connectivity index (χ1n) is 8.08. The molecule has 1 saturated carbocycles. The highest BCUT2D eigenvalue weighted by molar-refractivity contribution is 6.05. The van der Waals surface area contributed by atoms with E-state index in [0.29, 0.717) is 11.4 Å². The van der Waals surface area contributed by atoms with Gasteiger partial charge in [-0.15, -0.1) is 0 Å². The van der Waals surface area contributed by atoms with E-state index < -0.39 is 4.92 Å². The molecule has 0 radical (unpaired) electrons. The zero-order valence-electron chi connectivity index (χ0n) is 13.5. The van der Waals surface area contributed by atoms with E-state index in [4.69, 9.17) is 0 Å². The minimum atomic E-state index is -0.439. The summed E-state index contributed by atoms with van der Waals surface area (Å²) in [5, 5.41) is 11.1. The minimum absolute atomic E-state index is 0.0134. The number of nitro groups is 1. The van der Waals surface area contributed by atoms with Crippen LogP contribution in [0.4, 0.5) is 11.4 Å². The molecule has 6 heteroatoms. The van der Waals surface area contributed by atoms with Gasteiger partial charge in [0.2, 0.25) is 0 Å². The summed E-state index contributed by atoms with van der Waals surface area (Å²) in [6, 6.07) is 11.7. The van der Waals surface area contributed by atoms with Crippen LogP contribution in [0.5, 0.6) is 0 Å². The molecule has 0 spiro atoms. The molecule has 1 aromatic carbocycles. The maximum Gasteiger partial charge on any atom is 0.277 e. The largest absolute Gasteiger partial charge is 0.304 e. The molecule has 0 aliphatic heterocycles. The van der Waals surface area contributed by atoms with Crippen molar-refractivity contribution in [2.75, 3.05) is 4.90 Å². The summed E-state index contributed by atoms with van der Waals surface area (Å²) in [5.74, 6) is -0.203. The van der Waals surface area contributed by atoms with Crippen LogP contribution in [0.25, 0.3) is 0 Å². The molecule has 0 unspecified atom stereocenters. The lowest BCUT2D eigenvalue weighted by Gasteiger charge is -2.28. The van der Waals surface area contributed by atoms with Crippen LogP contribution in [0, 0.1) is 17.0 Å². The quantitative estimate of drug-likeness (QED) is 0.631. The Labute approximate surface area is 140 Å². The molecule has 0 N–H and O–H groups in total. The average Bonchev–Trinajstić information content (AvgIpc) is 3.09. The molecule has 1 heterocycles. The third kappa shape index (κ3) is 3.27. The molecular formula is C18H19N3O3. The highest BCUT2D eigenvalue weighted by Gasteiger charge is 2.30. The van der Waals surface area contributed by atoms with E-state index >= 15 is 0 Å². The molecule has 6 nitrogen and oxygen atoms in total. The van der Waals surface area contributed by atoms with E-state index in [9.17, 15) is 14.9 Å². The predicted octanol–water partition coefficient (Wildman–Crippen LogP) is 3.89. The van der Waals surface area contributed by atoms with Crippen molar-refractivity contribution in [3.63, 3.8) is 0 Å². The normalized spacial score (nSPS) is 14.5. The molecule has 3 rings (SSSR count). The van der Waals surface area contributed by atoms with E-state index in [1.165, 1.54) is 12.1 Å². The molecule has 1 amide bonds. The lowest BCUT2D eigenvalue weighted by molar-refractivity contribution is -0.384. The third-order valence-corrected chi connectivity index (χ3v) is 4.33. The van der Waals surface area contributed by atoms with Gasteiger partial charge in [0.1, 0.15) is 5.69 Å². The van der Waals surface area contributed by atoms with E-state index in [1.807, 2.05) is 13.0 Å². The number of hydrogen-bond donors (Lipinski definition) is 0. The van der Waals surface area contributed by atoms with Gasteiger partial charge in [-0.2, -0.15) is 0 Å². The van der Waals surface area contributed by atoms with Crippen molar-refractivity contribution in [1.29, 1.82) is 0 Å². The number of carbonyl (C=O) groups excluding carboxylic acids is 1. The Hall–Kier alpha value is -2.76. The molecule has 0 bridgehead atoms. The number of non-ortho nitro benzene ring substituents is 1. The summed E-state index contributed by atoms with van der Waals surface area (Å²) in [6.45, 7) is 1.84. The smallest absolute Gasteiger partial charge is 0.277 e. The number of nitro benzene ring substituents is 1. The number of hydrogen-bond acceptors (Lipinski definition) is 4. The van der Waals surface area contributed by atoms with Crippen LogP contribution in [0.3, 0.4) is 0 Å². The number of anilines is 1. The standard InChI is InChI=1S/C18H19N3O3/c1-13-6-4-11-17(19-13)18(22)20(14-7-2-3-8-14)15-9-5-10-16(12-15)21(23)24/h4-6,9-12,14H,2-3,7-8H2,1H3. The summed E-state index contributed by atoms with van der Waals surface area (Å²) in [4.78, 5) is 29.7. The topological polar surface area (TPSA) is 76.3 Å². The average molecular weight is 325 g/mol. The van der Waals surface area contributed by atoms with Crippen molar-refractivity contribution in [2.24, 2.45) is 0 Å². The number of carbonyl (C=O) groups is 1. The zero-order chi connectivity index (χ0) is 17.1. The first-order chi connectivity index (χ1) is 11.6. The Bertz CT molecular complexity index is 770. The molecular weight excluding hydrogens is 306 g/mol. The number of aromatic nitrogens is 1. The molecule has 124 valence electrons. The van der Waals surface area contributed by atoms with Crippen molar-refractivity contribution in [3.05, 3.63) is 64.0 Å². The monoisotopic (exact) mass is 325 g/mol. The maximum absolute atomic E-state index is 13.1. The number of pyridine rings is 1. The summed E-state index contributed by atoms with van der Waals surface area (Å²) in [7, 11) is 0. The molecule has 1 aliphatic rings. The SMILES string of the molecule is Cc1cccc(C(=O)N(c2cccc([N+](=O)[O-])c2)C2CCCC2)n1. The molecule has 0 saturated heterocycles. The first-order valence-corrected chi connectivity index (χ1v) is 8.08. The second-order valence-electron chi connectivity index (χ2n) is 6.05. The van der Waals surface area contributed by atoms with Crippen molar-refractivity contribution in [3.8, 4) is 0 Å². The Kier molecular flexibility index (Phi) is 4.55. The summed E-state index contributed by atoms with van der Waals surface area (Å²) >= 11 is 0. The van der Waals surface area contributed by atoms with E-state index in [1.54, 1.807) is 29.2 Å². The van der Waals surface area contributed by atoms with Gasteiger partial charge in [-0.3, -0.25) is 14.9 Å². The van der Waals surface area contributed by atoms with Crippen LogP contribution in [0.1, 0.15) is 41.9 Å². The lowest BCUT2D eigenvalue weighted by atomic mass is 10.1. The molecule has 1 aliphatic carbocycles. The Morgan fingerprint density at radius 1 is 1.21 bits per heavy atom. The summed E-state index contributed by atoms with van der Waals surface area (Å²) < 4.78 is 0. The van der Waals surface area contributed by atoms with Gasteiger partial charge in [0.25, 0.3) is 11.6 Å². The van der Waals surface area contributed by atoms with Crippen molar-refractivity contribution in [2.45, 2.75) is 38.6 Å². The molecule has 1 fully saturated rings. The fourth-order valence-corrected chi connectivity index (χ4v) is 3.20. The van der Waals surface area contributed by atoms with E-state index in [2.05, 4.69) is 4.98 Å². The van der Waals surface area contributed by atoms with Crippen molar-refractivity contribution in [1.82, 2.24) is 4.98 Å². The van der Waals surface area contributed by atoms with Crippen LogP contribution in [-0.2, 0) is 0 Å². The van der Waals surface area contributed by atoms with E-state index in [-0.39, 0.29) is 17.6 Å². The maximum atomic E-state index is 13.1. The molecule has 1 aromatic heterocycles. The minimum Gasteiger partial charge on any atom is -0.304 e. The predicted molar refractivity (Wildman–Crippen MR) is 91.1 cm³/mol. The fourth-order valence-electron chi connectivity index (χ4n) is 3.20. The lowest BCUT2D eigenvalue weighted by Crippen LogP contribution is -2.39. The Morgan fingerprint density at radius 2 is 1.92 bits per heavy atom. The number of amides is 1. The molecule has 24 heavy (non-hydrogen) atoms. The number of rotatable bonds is 4. The Balaban J connectivity index is 2.02. The summed E-state index contributed by atoms with van der Waals surface area (Å²) in [5.41, 5.74) is 1.68. The van der Waals surface area contributed by atoms with Crippen LogP contribution in [0.2, 0.25) is 0 Å². The van der Waals surface area contributed by atoms with Gasteiger partial charge in [-0.1, -0.05) is 25.0 Å². The number of nitrogens with zero attached hydrogens (tertiary/aromatic N) is 3. The molecule has 2 aromatic rings. The van der Waals surface area contributed by atoms with Crippen LogP contribution < -0.4 is 4.90 Å². The first kappa shape index (κ1) is 16.1. The van der Waals surface area contributed by atoms with Gasteiger partial charge in [0, 0.05) is 23.9 Å². The highest BCUT2D eigenvalue weighted by Crippen LogP contribution is 2.31. The van der Waals surface area contributed by atoms with Crippen molar-refractivity contribution < 1.29 is 9.72 Å². The number of benzene rings is 1. The number of aryl methyl sites for hydroxylation is 1. The fraction of sp³-hybridized carbons (Fsp3) is 0.333.